The van der Waals surface area contributed by atoms with Crippen LogP contribution in [0.3, 0.4) is 0 Å². The van der Waals surface area contributed by atoms with Crippen LogP contribution in [-0.4, -0.2) is 13.2 Å². The highest BCUT2D eigenvalue weighted by molar-refractivity contribution is 5.43. The van der Waals surface area contributed by atoms with E-state index in [0.29, 0.717) is 13.2 Å². The Morgan fingerprint density at radius 2 is 1.71 bits per heavy atom. The van der Waals surface area contributed by atoms with Gasteiger partial charge in [-0.1, -0.05) is 12.1 Å². The summed E-state index contributed by atoms with van der Waals surface area (Å²) in [6, 6.07) is 11.7. The maximum Gasteiger partial charge on any atom is 0.122 e. The maximum absolute atomic E-state index is 5.86. The van der Waals surface area contributed by atoms with Crippen LogP contribution in [0.1, 0.15) is 23.1 Å². The molecular weight excluding hydrogens is 262 g/mol. The van der Waals surface area contributed by atoms with E-state index in [1.165, 1.54) is 16.7 Å². The first-order valence-corrected chi connectivity index (χ1v) is 7.25. The van der Waals surface area contributed by atoms with Gasteiger partial charge in [-0.25, -0.2) is 0 Å². The molecule has 0 unspecified atom stereocenters. The van der Waals surface area contributed by atoms with Crippen LogP contribution in [0.2, 0.25) is 0 Å². The lowest BCUT2D eigenvalue weighted by Gasteiger charge is -2.12. The van der Waals surface area contributed by atoms with Crippen LogP contribution >= 0.6 is 0 Å². The highest BCUT2D eigenvalue weighted by atomic mass is 16.5. The molecule has 2 N–H and O–H groups in total. The first-order valence-electron chi connectivity index (χ1n) is 7.25. The van der Waals surface area contributed by atoms with Crippen LogP contribution < -0.4 is 15.2 Å². The van der Waals surface area contributed by atoms with Gasteiger partial charge >= 0.3 is 0 Å². The normalized spacial score (nSPS) is 10.4. The fourth-order valence-electron chi connectivity index (χ4n) is 2.19. The monoisotopic (exact) mass is 285 g/mol. The molecule has 0 saturated heterocycles. The lowest BCUT2D eigenvalue weighted by Crippen LogP contribution is -2.06. The van der Waals surface area contributed by atoms with Crippen LogP contribution in [-0.2, 0) is 0 Å². The van der Waals surface area contributed by atoms with Crippen molar-refractivity contribution in [3.63, 3.8) is 0 Å². The van der Waals surface area contributed by atoms with Gasteiger partial charge in [-0.15, -0.1) is 0 Å². The van der Waals surface area contributed by atoms with Crippen molar-refractivity contribution in [1.29, 1.82) is 0 Å². The molecule has 0 aliphatic heterocycles. The average Bonchev–Trinajstić information content (AvgIpc) is 2.43. The molecule has 0 radical (unpaired) electrons. The Bertz CT molecular complexity index is 608. The zero-order valence-corrected chi connectivity index (χ0v) is 13.0. The van der Waals surface area contributed by atoms with E-state index in [1.807, 2.05) is 24.3 Å². The molecule has 2 aromatic rings. The molecule has 0 aliphatic rings. The molecule has 0 saturated carbocycles. The molecule has 0 fully saturated rings. The van der Waals surface area contributed by atoms with Crippen molar-refractivity contribution in [1.82, 2.24) is 0 Å². The Balaban J connectivity index is 1.78. The molecule has 0 bridgehead atoms. The summed E-state index contributed by atoms with van der Waals surface area (Å²) in [7, 11) is 0. The molecule has 0 amide bonds. The van der Waals surface area contributed by atoms with Crippen molar-refractivity contribution in [2.45, 2.75) is 27.2 Å². The number of hydrogen-bond donors (Lipinski definition) is 1. The highest BCUT2D eigenvalue weighted by Gasteiger charge is 2.04. The van der Waals surface area contributed by atoms with Crippen LogP contribution in [0.5, 0.6) is 11.5 Å². The number of nitrogen functional groups attached to an aromatic ring is 1. The van der Waals surface area contributed by atoms with Gasteiger partial charge < -0.3 is 15.2 Å². The molecule has 0 atom stereocenters. The highest BCUT2D eigenvalue weighted by Crippen LogP contribution is 2.23. The Hall–Kier alpha value is -2.16. The molecule has 2 aromatic carbocycles. The smallest absolute Gasteiger partial charge is 0.122 e. The standard InChI is InChI=1S/C18H23NO2/c1-13-10-14(2)15(3)18(11-13)21-9-5-8-20-17-7-4-6-16(19)12-17/h4,6-7,10-12H,5,8-9,19H2,1-3H3. The predicted octanol–water partition coefficient (Wildman–Crippen LogP) is 4.04. The van der Waals surface area contributed by atoms with Gasteiger partial charge in [0.1, 0.15) is 11.5 Å². The topological polar surface area (TPSA) is 44.5 Å². The van der Waals surface area contributed by atoms with Crippen molar-refractivity contribution in [3.8, 4) is 11.5 Å². The lowest BCUT2D eigenvalue weighted by molar-refractivity contribution is 0.246. The van der Waals surface area contributed by atoms with Gasteiger partial charge in [0.15, 0.2) is 0 Å². The van der Waals surface area contributed by atoms with Crippen molar-refractivity contribution < 1.29 is 9.47 Å². The van der Waals surface area contributed by atoms with E-state index in [1.54, 1.807) is 0 Å². The summed E-state index contributed by atoms with van der Waals surface area (Å²) in [6.07, 6.45) is 0.835. The van der Waals surface area contributed by atoms with Crippen LogP contribution in [0.4, 0.5) is 5.69 Å². The van der Waals surface area contributed by atoms with Gasteiger partial charge in [0.25, 0.3) is 0 Å². The molecule has 0 aromatic heterocycles. The van der Waals surface area contributed by atoms with E-state index in [4.69, 9.17) is 15.2 Å². The minimum Gasteiger partial charge on any atom is -0.493 e. The minimum atomic E-state index is 0.618. The summed E-state index contributed by atoms with van der Waals surface area (Å²) in [6.45, 7) is 7.55. The zero-order chi connectivity index (χ0) is 15.2. The fourth-order valence-corrected chi connectivity index (χ4v) is 2.19. The van der Waals surface area contributed by atoms with Crippen molar-refractivity contribution in [2.24, 2.45) is 0 Å². The van der Waals surface area contributed by atoms with E-state index >= 15 is 0 Å². The van der Waals surface area contributed by atoms with Crippen molar-refractivity contribution >= 4 is 5.69 Å². The van der Waals surface area contributed by atoms with Crippen LogP contribution in [0, 0.1) is 20.8 Å². The summed E-state index contributed by atoms with van der Waals surface area (Å²) in [5, 5.41) is 0. The summed E-state index contributed by atoms with van der Waals surface area (Å²) in [4.78, 5) is 0. The largest absolute Gasteiger partial charge is 0.493 e. The Labute approximate surface area is 126 Å². The fraction of sp³-hybridized carbons (Fsp3) is 0.333. The zero-order valence-electron chi connectivity index (χ0n) is 13.0. The number of benzene rings is 2. The van der Waals surface area contributed by atoms with E-state index in [0.717, 1.165) is 23.6 Å². The molecule has 0 aliphatic carbocycles. The van der Waals surface area contributed by atoms with E-state index in [-0.39, 0.29) is 0 Å². The second-order valence-corrected chi connectivity index (χ2v) is 5.33. The molecule has 21 heavy (non-hydrogen) atoms. The molecule has 3 nitrogen and oxygen atoms in total. The van der Waals surface area contributed by atoms with Gasteiger partial charge in [-0.05, 0) is 55.7 Å². The number of rotatable bonds is 6. The summed E-state index contributed by atoms with van der Waals surface area (Å²) < 4.78 is 11.5. The third-order valence-electron chi connectivity index (χ3n) is 3.44. The summed E-state index contributed by atoms with van der Waals surface area (Å²) in [5.41, 5.74) is 10.1. The molecule has 3 heteroatoms. The lowest BCUT2D eigenvalue weighted by atomic mass is 10.1. The summed E-state index contributed by atoms with van der Waals surface area (Å²) in [5.74, 6) is 1.77. The first-order chi connectivity index (χ1) is 10.1. The SMILES string of the molecule is Cc1cc(C)c(C)c(OCCCOc2cccc(N)c2)c1. The Morgan fingerprint density at radius 3 is 2.48 bits per heavy atom. The second kappa shape index (κ2) is 7.02. The molecular formula is C18H23NO2. The van der Waals surface area contributed by atoms with E-state index < -0.39 is 0 Å². The predicted molar refractivity (Wildman–Crippen MR) is 87.1 cm³/mol. The first kappa shape index (κ1) is 15.2. The van der Waals surface area contributed by atoms with Crippen molar-refractivity contribution in [3.05, 3.63) is 53.1 Å². The van der Waals surface area contributed by atoms with E-state index in [2.05, 4.69) is 32.9 Å². The Morgan fingerprint density at radius 1 is 0.952 bits per heavy atom. The average molecular weight is 285 g/mol. The van der Waals surface area contributed by atoms with Gasteiger partial charge in [0, 0.05) is 18.2 Å². The number of aryl methyl sites for hydroxylation is 2. The number of nitrogens with two attached hydrogens (primary N) is 1. The van der Waals surface area contributed by atoms with Crippen LogP contribution in [0.15, 0.2) is 36.4 Å². The van der Waals surface area contributed by atoms with Gasteiger partial charge in [-0.2, -0.15) is 0 Å². The van der Waals surface area contributed by atoms with E-state index in [9.17, 15) is 0 Å². The minimum absolute atomic E-state index is 0.618. The molecule has 112 valence electrons. The van der Waals surface area contributed by atoms with Gasteiger partial charge in [0.05, 0.1) is 13.2 Å². The third-order valence-corrected chi connectivity index (χ3v) is 3.44. The molecule has 0 heterocycles. The van der Waals surface area contributed by atoms with Gasteiger partial charge in [-0.3, -0.25) is 0 Å². The quantitative estimate of drug-likeness (QED) is 0.643. The summed E-state index contributed by atoms with van der Waals surface area (Å²) >= 11 is 0. The van der Waals surface area contributed by atoms with Crippen LogP contribution in [0.25, 0.3) is 0 Å². The molecule has 2 rings (SSSR count). The Kier molecular flexibility index (Phi) is 5.09. The maximum atomic E-state index is 5.86. The van der Waals surface area contributed by atoms with Gasteiger partial charge in [0.2, 0.25) is 0 Å². The van der Waals surface area contributed by atoms with Crippen molar-refractivity contribution in [2.75, 3.05) is 18.9 Å². The third kappa shape index (κ3) is 4.42. The second-order valence-electron chi connectivity index (χ2n) is 5.33. The molecule has 0 spiro atoms. The number of hydrogen-bond acceptors (Lipinski definition) is 3. The number of ether oxygens (including phenoxy) is 2. The number of anilines is 1.